The smallest absolute Gasteiger partial charge is 0.257 e. The Bertz CT molecular complexity index is 782. The summed E-state index contributed by atoms with van der Waals surface area (Å²) in [5, 5.41) is 0. The van der Waals surface area contributed by atoms with E-state index in [-0.39, 0.29) is 11.8 Å². The molecule has 1 aromatic carbocycles. The molecule has 4 rings (SSSR count). The quantitative estimate of drug-likeness (QED) is 0.675. The van der Waals surface area contributed by atoms with E-state index >= 15 is 0 Å². The number of methoxy groups -OCH3 is 2. The van der Waals surface area contributed by atoms with Crippen molar-refractivity contribution in [2.24, 2.45) is 0 Å². The first-order chi connectivity index (χ1) is 15.1. The largest absolute Gasteiger partial charge is 0.497 e. The monoisotopic (exact) mass is 430 g/mol. The molecular weight excluding hydrogens is 396 g/mol. The van der Waals surface area contributed by atoms with Crippen molar-refractivity contribution in [1.29, 1.82) is 0 Å². The van der Waals surface area contributed by atoms with Crippen molar-refractivity contribution in [3.05, 3.63) is 23.8 Å². The van der Waals surface area contributed by atoms with E-state index in [0.29, 0.717) is 49.8 Å². The Morgan fingerprint density at radius 3 is 2.16 bits per heavy atom. The standard InChI is InChI=1S/C23H34N4O4/c1-30-19-6-7-20(21(16-19)31-2)23(29)27-10-8-24(9-11-27)17-22(28)26-14-12-25(13-15-26)18-4-3-5-18/h6-7,16,18H,3-5,8-15,17H2,1-2H3. The number of piperazine rings is 2. The lowest BCUT2D eigenvalue weighted by molar-refractivity contribution is -0.135. The maximum absolute atomic E-state index is 13.0. The van der Waals surface area contributed by atoms with Gasteiger partial charge in [-0.05, 0) is 25.0 Å². The molecule has 2 amide bonds. The number of carbonyl (C=O) groups is 2. The maximum Gasteiger partial charge on any atom is 0.257 e. The molecule has 0 unspecified atom stereocenters. The molecule has 2 saturated heterocycles. The highest BCUT2D eigenvalue weighted by molar-refractivity contribution is 5.97. The number of carbonyl (C=O) groups excluding carboxylic acids is 2. The Morgan fingerprint density at radius 2 is 1.58 bits per heavy atom. The number of amides is 2. The van der Waals surface area contributed by atoms with E-state index in [2.05, 4.69) is 9.80 Å². The summed E-state index contributed by atoms with van der Waals surface area (Å²) in [6, 6.07) is 6.01. The first kappa shape index (κ1) is 21.9. The molecule has 1 saturated carbocycles. The van der Waals surface area contributed by atoms with Crippen molar-refractivity contribution in [3.63, 3.8) is 0 Å². The molecular formula is C23H34N4O4. The van der Waals surface area contributed by atoms with Gasteiger partial charge in [-0.15, -0.1) is 0 Å². The zero-order chi connectivity index (χ0) is 21.8. The van der Waals surface area contributed by atoms with Crippen molar-refractivity contribution in [1.82, 2.24) is 19.6 Å². The van der Waals surface area contributed by atoms with Gasteiger partial charge in [0.1, 0.15) is 11.5 Å². The van der Waals surface area contributed by atoms with Crippen LogP contribution in [-0.2, 0) is 4.79 Å². The van der Waals surface area contributed by atoms with Crippen LogP contribution in [0.3, 0.4) is 0 Å². The predicted molar refractivity (Wildman–Crippen MR) is 118 cm³/mol. The minimum Gasteiger partial charge on any atom is -0.497 e. The van der Waals surface area contributed by atoms with E-state index in [0.717, 1.165) is 32.2 Å². The average Bonchev–Trinajstić information content (AvgIpc) is 2.78. The third-order valence-corrected chi connectivity index (χ3v) is 6.92. The Kier molecular flexibility index (Phi) is 6.97. The first-order valence-corrected chi connectivity index (χ1v) is 11.3. The van der Waals surface area contributed by atoms with Gasteiger partial charge in [0.15, 0.2) is 0 Å². The molecule has 1 aliphatic carbocycles. The number of hydrogen-bond acceptors (Lipinski definition) is 6. The number of benzene rings is 1. The van der Waals surface area contributed by atoms with E-state index in [1.165, 1.54) is 19.3 Å². The van der Waals surface area contributed by atoms with Crippen molar-refractivity contribution in [2.75, 3.05) is 73.1 Å². The highest BCUT2D eigenvalue weighted by atomic mass is 16.5. The van der Waals surface area contributed by atoms with Crippen LogP contribution in [0.1, 0.15) is 29.6 Å². The van der Waals surface area contributed by atoms with Crippen LogP contribution in [-0.4, -0.2) is 111 Å². The van der Waals surface area contributed by atoms with Crippen LogP contribution < -0.4 is 9.47 Å². The van der Waals surface area contributed by atoms with Gasteiger partial charge in [-0.25, -0.2) is 0 Å². The fourth-order valence-electron chi connectivity index (χ4n) is 4.63. The third-order valence-electron chi connectivity index (χ3n) is 6.92. The van der Waals surface area contributed by atoms with Gasteiger partial charge >= 0.3 is 0 Å². The highest BCUT2D eigenvalue weighted by Crippen LogP contribution is 2.27. The molecule has 0 aromatic heterocycles. The fraction of sp³-hybridized carbons (Fsp3) is 0.652. The second-order valence-corrected chi connectivity index (χ2v) is 8.64. The van der Waals surface area contributed by atoms with E-state index in [9.17, 15) is 9.59 Å². The zero-order valence-corrected chi connectivity index (χ0v) is 18.7. The Balaban J connectivity index is 1.24. The number of nitrogens with zero attached hydrogens (tertiary/aromatic N) is 4. The van der Waals surface area contributed by atoms with Crippen molar-refractivity contribution in [3.8, 4) is 11.5 Å². The topological polar surface area (TPSA) is 65.6 Å². The average molecular weight is 431 g/mol. The summed E-state index contributed by atoms with van der Waals surface area (Å²) in [7, 11) is 3.15. The molecule has 0 radical (unpaired) electrons. The molecule has 2 aliphatic heterocycles. The van der Waals surface area contributed by atoms with Gasteiger partial charge in [0.25, 0.3) is 5.91 Å². The molecule has 0 spiro atoms. The van der Waals surface area contributed by atoms with Gasteiger partial charge in [-0.2, -0.15) is 0 Å². The molecule has 3 aliphatic rings. The van der Waals surface area contributed by atoms with Crippen molar-refractivity contribution >= 4 is 11.8 Å². The minimum atomic E-state index is -0.0439. The van der Waals surface area contributed by atoms with Gasteiger partial charge in [0.05, 0.1) is 26.3 Å². The van der Waals surface area contributed by atoms with Crippen LogP contribution >= 0.6 is 0 Å². The summed E-state index contributed by atoms with van der Waals surface area (Å²) in [6.07, 6.45) is 3.99. The van der Waals surface area contributed by atoms with E-state index in [1.807, 2.05) is 9.80 Å². The molecule has 0 N–H and O–H groups in total. The SMILES string of the molecule is COc1ccc(C(=O)N2CCN(CC(=O)N3CCN(C4CCC4)CC3)CC2)c(OC)c1. The normalized spacial score (nSPS) is 21.0. The summed E-state index contributed by atoms with van der Waals surface area (Å²) in [5.74, 6) is 1.34. The summed E-state index contributed by atoms with van der Waals surface area (Å²) < 4.78 is 10.6. The maximum atomic E-state index is 13.0. The third kappa shape index (κ3) is 4.96. The summed E-state index contributed by atoms with van der Waals surface area (Å²) in [4.78, 5) is 34.3. The van der Waals surface area contributed by atoms with Crippen LogP contribution in [0.25, 0.3) is 0 Å². The Labute approximate surface area is 184 Å². The van der Waals surface area contributed by atoms with Crippen LogP contribution in [0.2, 0.25) is 0 Å². The van der Waals surface area contributed by atoms with Crippen LogP contribution in [0.4, 0.5) is 0 Å². The predicted octanol–water partition coefficient (Wildman–Crippen LogP) is 1.16. The summed E-state index contributed by atoms with van der Waals surface area (Å²) >= 11 is 0. The van der Waals surface area contributed by atoms with E-state index < -0.39 is 0 Å². The zero-order valence-electron chi connectivity index (χ0n) is 18.7. The number of rotatable bonds is 6. The van der Waals surface area contributed by atoms with Gasteiger partial charge < -0.3 is 19.3 Å². The van der Waals surface area contributed by atoms with Gasteiger partial charge in [-0.1, -0.05) is 6.42 Å². The number of ether oxygens (including phenoxy) is 2. The van der Waals surface area contributed by atoms with Crippen molar-refractivity contribution < 1.29 is 19.1 Å². The molecule has 31 heavy (non-hydrogen) atoms. The molecule has 3 fully saturated rings. The van der Waals surface area contributed by atoms with E-state index in [1.54, 1.807) is 32.4 Å². The molecule has 1 aromatic rings. The fourth-order valence-corrected chi connectivity index (χ4v) is 4.63. The lowest BCUT2D eigenvalue weighted by Crippen LogP contribution is -2.56. The molecule has 170 valence electrons. The minimum absolute atomic E-state index is 0.0439. The molecule has 0 atom stereocenters. The van der Waals surface area contributed by atoms with Gasteiger partial charge in [-0.3, -0.25) is 19.4 Å². The summed E-state index contributed by atoms with van der Waals surface area (Å²) in [6.45, 7) is 6.75. The summed E-state index contributed by atoms with van der Waals surface area (Å²) in [5.41, 5.74) is 0.539. The molecule has 2 heterocycles. The van der Waals surface area contributed by atoms with Crippen LogP contribution in [0.5, 0.6) is 11.5 Å². The Hall–Kier alpha value is -2.32. The number of hydrogen-bond donors (Lipinski definition) is 0. The lowest BCUT2D eigenvalue weighted by Gasteiger charge is -2.43. The highest BCUT2D eigenvalue weighted by Gasteiger charge is 2.31. The van der Waals surface area contributed by atoms with Crippen LogP contribution in [0.15, 0.2) is 18.2 Å². The Morgan fingerprint density at radius 1 is 0.903 bits per heavy atom. The molecule has 8 heteroatoms. The van der Waals surface area contributed by atoms with Crippen LogP contribution in [0, 0.1) is 0 Å². The second kappa shape index (κ2) is 9.87. The van der Waals surface area contributed by atoms with Gasteiger partial charge in [0.2, 0.25) is 5.91 Å². The van der Waals surface area contributed by atoms with E-state index in [4.69, 9.17) is 9.47 Å². The first-order valence-electron chi connectivity index (χ1n) is 11.3. The lowest BCUT2D eigenvalue weighted by atomic mass is 9.91. The molecule has 8 nitrogen and oxygen atoms in total. The van der Waals surface area contributed by atoms with Crippen molar-refractivity contribution in [2.45, 2.75) is 25.3 Å². The second-order valence-electron chi connectivity index (χ2n) is 8.64. The molecule has 0 bridgehead atoms. The van der Waals surface area contributed by atoms with Gasteiger partial charge in [0, 0.05) is 64.5 Å².